The third-order valence-corrected chi connectivity index (χ3v) is 5.25. The molecule has 0 fully saturated rings. The predicted molar refractivity (Wildman–Crippen MR) is 91.7 cm³/mol. The Morgan fingerprint density at radius 1 is 1.04 bits per heavy atom. The van der Waals surface area contributed by atoms with Crippen LogP contribution >= 0.6 is 0 Å². The number of aromatic nitrogens is 1. The average molecular weight is 384 g/mol. The third kappa shape index (κ3) is 3.48. The van der Waals surface area contributed by atoms with Crippen LogP contribution in [0, 0.1) is 13.8 Å². The van der Waals surface area contributed by atoms with Gasteiger partial charge in [-0.05, 0) is 43.2 Å². The largest absolute Gasteiger partial charge is 0.573 e. The molecule has 26 heavy (non-hydrogen) atoms. The zero-order chi connectivity index (χ0) is 19.1. The molecule has 1 aromatic heterocycles. The lowest BCUT2D eigenvalue weighted by Gasteiger charge is -2.15. The molecule has 0 bridgehead atoms. The van der Waals surface area contributed by atoms with Crippen molar-refractivity contribution in [1.29, 1.82) is 0 Å². The molecule has 3 rings (SSSR count). The van der Waals surface area contributed by atoms with E-state index in [1.165, 1.54) is 12.1 Å². The summed E-state index contributed by atoms with van der Waals surface area (Å²) >= 11 is 0. The van der Waals surface area contributed by atoms with Gasteiger partial charge in [0.1, 0.15) is 10.6 Å². The molecule has 5 nitrogen and oxygen atoms in total. The number of sulfonamides is 1. The molecule has 2 aromatic carbocycles. The van der Waals surface area contributed by atoms with Gasteiger partial charge in [-0.25, -0.2) is 8.42 Å². The van der Waals surface area contributed by atoms with Crippen molar-refractivity contribution in [3.63, 3.8) is 0 Å². The Labute approximate surface area is 147 Å². The SMILES string of the molecule is Cc1ccc(NS(=O)(=O)c2ccccc2OC(F)(F)F)c2[nH]cc(C)c12. The highest BCUT2D eigenvalue weighted by molar-refractivity contribution is 7.92. The molecule has 0 aliphatic rings. The molecule has 0 saturated carbocycles. The quantitative estimate of drug-likeness (QED) is 0.697. The van der Waals surface area contributed by atoms with Gasteiger partial charge in [-0.15, -0.1) is 13.2 Å². The topological polar surface area (TPSA) is 71.2 Å². The number of fused-ring (bicyclic) bond motifs is 1. The van der Waals surface area contributed by atoms with E-state index >= 15 is 0 Å². The summed E-state index contributed by atoms with van der Waals surface area (Å²) in [6.45, 7) is 3.75. The molecule has 0 aliphatic heterocycles. The van der Waals surface area contributed by atoms with E-state index in [9.17, 15) is 21.6 Å². The number of H-pyrrole nitrogens is 1. The highest BCUT2D eigenvalue weighted by Crippen LogP contribution is 2.33. The number of hydrogen-bond acceptors (Lipinski definition) is 3. The maximum absolute atomic E-state index is 12.7. The summed E-state index contributed by atoms with van der Waals surface area (Å²) in [5.74, 6) is -0.793. The fourth-order valence-corrected chi connectivity index (χ4v) is 3.99. The predicted octanol–water partition coefficient (Wildman–Crippen LogP) is 4.48. The molecule has 0 unspecified atom stereocenters. The lowest BCUT2D eigenvalue weighted by molar-refractivity contribution is -0.275. The number of alkyl halides is 3. The summed E-state index contributed by atoms with van der Waals surface area (Å²) in [6.07, 6.45) is -3.27. The van der Waals surface area contributed by atoms with E-state index in [4.69, 9.17) is 0 Å². The molecule has 0 saturated heterocycles. The number of benzene rings is 2. The normalized spacial score (nSPS) is 12.3. The number of hydrogen-bond donors (Lipinski definition) is 2. The van der Waals surface area contributed by atoms with Crippen LogP contribution in [0.5, 0.6) is 5.75 Å². The van der Waals surface area contributed by atoms with Crippen molar-refractivity contribution in [3.05, 3.63) is 53.7 Å². The fourth-order valence-electron chi connectivity index (χ4n) is 2.78. The number of aromatic amines is 1. The van der Waals surface area contributed by atoms with E-state index in [1.54, 1.807) is 18.3 Å². The summed E-state index contributed by atoms with van der Waals surface area (Å²) in [5, 5.41) is 0.852. The molecule has 0 atom stereocenters. The lowest BCUT2D eigenvalue weighted by atomic mass is 10.1. The highest BCUT2D eigenvalue weighted by atomic mass is 32.2. The van der Waals surface area contributed by atoms with Gasteiger partial charge in [-0.3, -0.25) is 4.72 Å². The molecule has 3 aromatic rings. The van der Waals surface area contributed by atoms with E-state index in [0.717, 1.165) is 28.6 Å². The number of ether oxygens (including phenoxy) is 1. The Bertz CT molecular complexity index is 1070. The second-order valence-corrected chi connectivity index (χ2v) is 7.40. The smallest absolute Gasteiger partial charge is 0.404 e. The Kier molecular flexibility index (Phi) is 4.35. The minimum absolute atomic E-state index is 0.237. The van der Waals surface area contributed by atoms with E-state index in [0.29, 0.717) is 5.52 Å². The molecular weight excluding hydrogens is 369 g/mol. The fraction of sp³-hybridized carbons (Fsp3) is 0.176. The van der Waals surface area contributed by atoms with Crippen molar-refractivity contribution in [2.75, 3.05) is 4.72 Å². The van der Waals surface area contributed by atoms with Gasteiger partial charge in [0.2, 0.25) is 0 Å². The molecule has 0 spiro atoms. The third-order valence-electron chi connectivity index (χ3n) is 3.85. The molecular formula is C17H15F3N2O3S. The van der Waals surface area contributed by atoms with Gasteiger partial charge < -0.3 is 9.72 Å². The molecule has 2 N–H and O–H groups in total. The summed E-state index contributed by atoms with van der Waals surface area (Å²) in [7, 11) is -4.31. The number of aryl methyl sites for hydroxylation is 2. The van der Waals surface area contributed by atoms with Gasteiger partial charge in [0.25, 0.3) is 10.0 Å². The first-order chi connectivity index (χ1) is 12.1. The van der Waals surface area contributed by atoms with Crippen LogP contribution in [0.4, 0.5) is 18.9 Å². The molecule has 0 amide bonds. The standard InChI is InChI=1S/C17H15F3N2O3S/c1-10-7-8-12(16-15(10)11(2)9-21-16)22-26(23,24)14-6-4-3-5-13(14)25-17(18,19)20/h3-9,21-22H,1-2H3. The molecule has 138 valence electrons. The van der Waals surface area contributed by atoms with Crippen LogP contribution in [0.15, 0.2) is 47.5 Å². The average Bonchev–Trinajstić information content (AvgIpc) is 2.92. The number of para-hydroxylation sites is 1. The Morgan fingerprint density at radius 2 is 1.73 bits per heavy atom. The Morgan fingerprint density at radius 3 is 2.42 bits per heavy atom. The van der Waals surface area contributed by atoms with Crippen LogP contribution in [-0.4, -0.2) is 19.8 Å². The first kappa shape index (κ1) is 18.1. The second kappa shape index (κ2) is 6.24. The molecule has 0 aliphatic carbocycles. The van der Waals surface area contributed by atoms with Crippen molar-refractivity contribution in [2.24, 2.45) is 0 Å². The van der Waals surface area contributed by atoms with Gasteiger partial charge >= 0.3 is 6.36 Å². The van der Waals surface area contributed by atoms with Crippen molar-refractivity contribution in [2.45, 2.75) is 25.1 Å². The van der Waals surface area contributed by atoms with Gasteiger partial charge in [-0.2, -0.15) is 0 Å². The van der Waals surface area contributed by atoms with Crippen LogP contribution < -0.4 is 9.46 Å². The van der Waals surface area contributed by atoms with Crippen molar-refractivity contribution in [1.82, 2.24) is 4.98 Å². The van der Waals surface area contributed by atoms with Crippen molar-refractivity contribution in [3.8, 4) is 5.75 Å². The van der Waals surface area contributed by atoms with Gasteiger partial charge in [-0.1, -0.05) is 18.2 Å². The minimum Gasteiger partial charge on any atom is -0.404 e. The monoisotopic (exact) mass is 384 g/mol. The van der Waals surface area contributed by atoms with Crippen LogP contribution in [0.25, 0.3) is 10.9 Å². The van der Waals surface area contributed by atoms with Crippen LogP contribution in [0.1, 0.15) is 11.1 Å². The first-order valence-electron chi connectivity index (χ1n) is 7.53. The Hall–Kier alpha value is -2.68. The summed E-state index contributed by atoms with van der Waals surface area (Å²) in [4.78, 5) is 2.38. The number of nitrogens with one attached hydrogen (secondary N) is 2. The van der Waals surface area contributed by atoms with E-state index in [2.05, 4.69) is 14.4 Å². The summed E-state index contributed by atoms with van der Waals surface area (Å²) < 4.78 is 69.2. The van der Waals surface area contributed by atoms with E-state index in [1.807, 2.05) is 13.8 Å². The van der Waals surface area contributed by atoms with Crippen molar-refractivity contribution < 1.29 is 26.3 Å². The summed E-state index contributed by atoms with van der Waals surface area (Å²) in [5.41, 5.74) is 2.67. The number of halogens is 3. The highest BCUT2D eigenvalue weighted by Gasteiger charge is 2.34. The number of anilines is 1. The van der Waals surface area contributed by atoms with Gasteiger partial charge in [0.05, 0.1) is 11.2 Å². The van der Waals surface area contributed by atoms with Crippen LogP contribution in [-0.2, 0) is 10.0 Å². The maximum Gasteiger partial charge on any atom is 0.573 e. The van der Waals surface area contributed by atoms with Crippen LogP contribution in [0.3, 0.4) is 0 Å². The Balaban J connectivity index is 2.05. The minimum atomic E-state index is -5.00. The van der Waals surface area contributed by atoms with Gasteiger partial charge in [0.15, 0.2) is 0 Å². The number of rotatable bonds is 4. The van der Waals surface area contributed by atoms with Crippen LogP contribution in [0.2, 0.25) is 0 Å². The summed E-state index contributed by atoms with van der Waals surface area (Å²) in [6, 6.07) is 7.87. The lowest BCUT2D eigenvalue weighted by Crippen LogP contribution is -2.21. The molecule has 0 radical (unpaired) electrons. The zero-order valence-electron chi connectivity index (χ0n) is 13.8. The first-order valence-corrected chi connectivity index (χ1v) is 9.02. The van der Waals surface area contributed by atoms with Crippen molar-refractivity contribution >= 4 is 26.6 Å². The maximum atomic E-state index is 12.7. The van der Waals surface area contributed by atoms with E-state index < -0.39 is 27.0 Å². The second-order valence-electron chi connectivity index (χ2n) is 5.75. The molecule has 1 heterocycles. The van der Waals surface area contributed by atoms with E-state index in [-0.39, 0.29) is 5.69 Å². The van der Waals surface area contributed by atoms with Gasteiger partial charge in [0, 0.05) is 11.6 Å². The molecule has 9 heteroatoms. The zero-order valence-corrected chi connectivity index (χ0v) is 14.6.